The molecule has 68 valence electrons. The van der Waals surface area contributed by atoms with Gasteiger partial charge in [-0.3, -0.25) is 0 Å². The van der Waals surface area contributed by atoms with Gasteiger partial charge in [-0.05, 0) is 25.0 Å². The van der Waals surface area contributed by atoms with Gasteiger partial charge in [-0.15, -0.1) is 0 Å². The van der Waals surface area contributed by atoms with Gasteiger partial charge < -0.3 is 4.90 Å². The van der Waals surface area contributed by atoms with Gasteiger partial charge in [0.25, 0.3) is 0 Å². The van der Waals surface area contributed by atoms with Crippen molar-refractivity contribution < 1.29 is 4.90 Å². The van der Waals surface area contributed by atoms with Gasteiger partial charge in [0.15, 0.2) is 0 Å². The first kappa shape index (κ1) is 9.53. The van der Waals surface area contributed by atoms with Crippen molar-refractivity contribution in [2.24, 2.45) is 0 Å². The van der Waals surface area contributed by atoms with E-state index in [-0.39, 0.29) is 0 Å². The normalized spacial score (nSPS) is 21.6. The summed E-state index contributed by atoms with van der Waals surface area (Å²) in [7, 11) is 0. The van der Waals surface area contributed by atoms with Crippen LogP contribution < -0.4 is 4.90 Å². The standard InChI is InChI=1S/C11H19N/c1-2-3-4-6-9-12-10-7-5-8-11-12/h5,7-8,10H,2-4,6,9,11H2,1H3/p+1. The summed E-state index contributed by atoms with van der Waals surface area (Å²) in [6.07, 6.45) is 14.3. The predicted molar refractivity (Wildman–Crippen MR) is 53.1 cm³/mol. The summed E-state index contributed by atoms with van der Waals surface area (Å²) in [6, 6.07) is 0. The van der Waals surface area contributed by atoms with Crippen LogP contribution in [0.5, 0.6) is 0 Å². The molecule has 12 heavy (non-hydrogen) atoms. The number of rotatable bonds is 5. The molecule has 0 aromatic heterocycles. The molecule has 1 aliphatic heterocycles. The van der Waals surface area contributed by atoms with E-state index in [1.54, 1.807) is 4.90 Å². The third-order valence-electron chi connectivity index (χ3n) is 2.31. The number of nitrogens with one attached hydrogen (secondary N) is 1. The predicted octanol–water partition coefficient (Wildman–Crippen LogP) is 1.54. The van der Waals surface area contributed by atoms with Crippen LogP contribution >= 0.6 is 0 Å². The van der Waals surface area contributed by atoms with Crippen molar-refractivity contribution in [1.29, 1.82) is 0 Å². The Hall–Kier alpha value is -0.560. The number of hydrogen-bond donors (Lipinski definition) is 1. The van der Waals surface area contributed by atoms with E-state index in [1.165, 1.54) is 38.8 Å². The van der Waals surface area contributed by atoms with Gasteiger partial charge in [0.05, 0.1) is 12.7 Å². The van der Waals surface area contributed by atoms with Crippen LogP contribution in [0.25, 0.3) is 0 Å². The molecule has 0 aliphatic carbocycles. The monoisotopic (exact) mass is 166 g/mol. The highest BCUT2D eigenvalue weighted by Gasteiger charge is 2.03. The Labute approximate surface area is 75.8 Å². The molecule has 0 spiro atoms. The second kappa shape index (κ2) is 6.01. The lowest BCUT2D eigenvalue weighted by molar-refractivity contribution is -0.841. The Kier molecular flexibility index (Phi) is 4.77. The topological polar surface area (TPSA) is 4.44 Å². The first-order valence-electron chi connectivity index (χ1n) is 5.11. The van der Waals surface area contributed by atoms with Crippen molar-refractivity contribution in [1.82, 2.24) is 0 Å². The Morgan fingerprint density at radius 3 is 2.75 bits per heavy atom. The fourth-order valence-corrected chi connectivity index (χ4v) is 1.52. The van der Waals surface area contributed by atoms with E-state index in [0.717, 1.165) is 0 Å². The molecule has 0 radical (unpaired) electrons. The minimum atomic E-state index is 1.18. The van der Waals surface area contributed by atoms with E-state index in [2.05, 4.69) is 31.4 Å². The van der Waals surface area contributed by atoms with E-state index in [1.807, 2.05) is 0 Å². The number of unbranched alkanes of at least 4 members (excludes halogenated alkanes) is 3. The maximum atomic E-state index is 2.27. The molecule has 0 fully saturated rings. The molecule has 1 nitrogen and oxygen atoms in total. The smallest absolute Gasteiger partial charge is 0.100 e. The molecule has 1 heteroatoms. The lowest BCUT2D eigenvalue weighted by Gasteiger charge is -2.14. The second-order valence-electron chi connectivity index (χ2n) is 3.46. The van der Waals surface area contributed by atoms with E-state index < -0.39 is 0 Å². The Balaban J connectivity index is 2.00. The fourth-order valence-electron chi connectivity index (χ4n) is 1.52. The van der Waals surface area contributed by atoms with E-state index in [0.29, 0.717) is 0 Å². The van der Waals surface area contributed by atoms with Crippen molar-refractivity contribution >= 4 is 0 Å². The second-order valence-corrected chi connectivity index (χ2v) is 3.46. The van der Waals surface area contributed by atoms with Gasteiger partial charge in [-0.2, -0.15) is 0 Å². The third-order valence-corrected chi connectivity index (χ3v) is 2.31. The summed E-state index contributed by atoms with van der Waals surface area (Å²) in [5, 5.41) is 0. The number of allylic oxidation sites excluding steroid dienone is 2. The van der Waals surface area contributed by atoms with Crippen molar-refractivity contribution in [2.75, 3.05) is 13.1 Å². The van der Waals surface area contributed by atoms with Crippen LogP contribution in [0.4, 0.5) is 0 Å². The van der Waals surface area contributed by atoms with Crippen molar-refractivity contribution in [3.8, 4) is 0 Å². The Morgan fingerprint density at radius 2 is 2.08 bits per heavy atom. The van der Waals surface area contributed by atoms with Gasteiger partial charge in [-0.1, -0.05) is 25.8 Å². The molecule has 1 aliphatic rings. The third kappa shape index (κ3) is 3.72. The molecular formula is C11H20N+. The van der Waals surface area contributed by atoms with Crippen LogP contribution in [0, 0.1) is 0 Å². The molecule has 1 rings (SSSR count). The lowest BCUT2D eigenvalue weighted by Crippen LogP contribution is -3.07. The zero-order valence-electron chi connectivity index (χ0n) is 8.05. The molecule has 0 aromatic carbocycles. The Morgan fingerprint density at radius 1 is 1.17 bits per heavy atom. The molecule has 0 aromatic rings. The largest absolute Gasteiger partial charge is 0.305 e. The highest BCUT2D eigenvalue weighted by Crippen LogP contribution is 1.96. The first-order valence-corrected chi connectivity index (χ1v) is 5.11. The average molecular weight is 166 g/mol. The molecule has 1 N–H and O–H groups in total. The molecular weight excluding hydrogens is 146 g/mol. The van der Waals surface area contributed by atoms with Crippen LogP contribution in [0.15, 0.2) is 24.4 Å². The lowest BCUT2D eigenvalue weighted by atomic mass is 10.2. The first-order chi connectivity index (χ1) is 5.93. The zero-order valence-corrected chi connectivity index (χ0v) is 8.05. The summed E-state index contributed by atoms with van der Waals surface area (Å²) >= 11 is 0. The fraction of sp³-hybridized carbons (Fsp3) is 0.636. The minimum Gasteiger partial charge on any atom is -0.305 e. The molecule has 0 amide bonds. The highest BCUT2D eigenvalue weighted by atomic mass is 15.1. The van der Waals surface area contributed by atoms with E-state index >= 15 is 0 Å². The molecule has 1 heterocycles. The highest BCUT2D eigenvalue weighted by molar-refractivity contribution is 5.01. The summed E-state index contributed by atoms with van der Waals surface area (Å²) < 4.78 is 0. The van der Waals surface area contributed by atoms with Crippen molar-refractivity contribution in [3.63, 3.8) is 0 Å². The van der Waals surface area contributed by atoms with E-state index in [4.69, 9.17) is 0 Å². The van der Waals surface area contributed by atoms with Gasteiger partial charge >= 0.3 is 0 Å². The SMILES string of the molecule is CCCCCC[NH+]1C=CC=CC1. The maximum absolute atomic E-state index is 2.27. The summed E-state index contributed by atoms with van der Waals surface area (Å²) in [5.41, 5.74) is 0. The molecule has 0 saturated carbocycles. The molecule has 0 bridgehead atoms. The van der Waals surface area contributed by atoms with Gasteiger partial charge in [0.2, 0.25) is 0 Å². The van der Waals surface area contributed by atoms with Crippen LogP contribution in [-0.2, 0) is 0 Å². The van der Waals surface area contributed by atoms with Gasteiger partial charge in [0, 0.05) is 0 Å². The van der Waals surface area contributed by atoms with Crippen molar-refractivity contribution in [3.05, 3.63) is 24.4 Å². The molecule has 1 atom stereocenters. The van der Waals surface area contributed by atoms with Crippen LogP contribution in [0.3, 0.4) is 0 Å². The van der Waals surface area contributed by atoms with Gasteiger partial charge in [0.1, 0.15) is 6.54 Å². The number of quaternary nitrogens is 1. The zero-order chi connectivity index (χ0) is 8.65. The Bertz CT molecular complexity index is 158. The molecule has 0 saturated heterocycles. The van der Waals surface area contributed by atoms with Crippen LogP contribution in [-0.4, -0.2) is 13.1 Å². The average Bonchev–Trinajstić information content (AvgIpc) is 2.14. The summed E-state index contributed by atoms with van der Waals surface area (Å²) in [5.74, 6) is 0. The van der Waals surface area contributed by atoms with E-state index in [9.17, 15) is 0 Å². The summed E-state index contributed by atoms with van der Waals surface area (Å²) in [6.45, 7) is 4.75. The quantitative estimate of drug-likeness (QED) is 0.591. The van der Waals surface area contributed by atoms with Crippen LogP contribution in [0.2, 0.25) is 0 Å². The van der Waals surface area contributed by atoms with Gasteiger partial charge in [-0.25, -0.2) is 0 Å². The maximum Gasteiger partial charge on any atom is 0.100 e. The van der Waals surface area contributed by atoms with Crippen LogP contribution in [0.1, 0.15) is 32.6 Å². The number of hydrogen-bond acceptors (Lipinski definition) is 0. The minimum absolute atomic E-state index is 1.18. The van der Waals surface area contributed by atoms with Crippen molar-refractivity contribution in [2.45, 2.75) is 32.6 Å². The molecule has 1 unspecified atom stereocenters. The summed E-state index contributed by atoms with van der Waals surface area (Å²) in [4.78, 5) is 1.61.